The molecule has 0 bridgehead atoms. The van der Waals surface area contributed by atoms with E-state index in [1.165, 1.54) is 0 Å². The van der Waals surface area contributed by atoms with E-state index in [1.807, 2.05) is 18.2 Å². The van der Waals surface area contributed by atoms with E-state index in [0.717, 1.165) is 22.9 Å². The van der Waals surface area contributed by atoms with Crippen LogP contribution in [-0.4, -0.2) is 86.0 Å². The largest absolute Gasteiger partial charge is 0.493 e. The Labute approximate surface area is 232 Å². The van der Waals surface area contributed by atoms with Gasteiger partial charge in [0.2, 0.25) is 16.0 Å². The third kappa shape index (κ3) is 6.77. The third-order valence-corrected chi connectivity index (χ3v) is 10.4. The lowest BCUT2D eigenvalue weighted by Crippen LogP contribution is -2.49. The molecular weight excluding hydrogens is 534 g/mol. The number of rotatable bonds is 11. The van der Waals surface area contributed by atoms with Gasteiger partial charge in [-0.15, -0.1) is 0 Å². The predicted octanol–water partition coefficient (Wildman–Crippen LogP) is 3.38. The molecule has 1 fully saturated rings. The number of aromatic nitrogens is 4. The Balaban J connectivity index is 1.79. The van der Waals surface area contributed by atoms with Crippen LogP contribution in [0.5, 0.6) is 5.75 Å². The fraction of sp³-hybridized carbons (Fsp3) is 0.500. The quantitative estimate of drug-likeness (QED) is 0.271. The van der Waals surface area contributed by atoms with Gasteiger partial charge in [0.1, 0.15) is 12.4 Å². The average Bonchev–Trinajstić information content (AvgIpc) is 3.30. The van der Waals surface area contributed by atoms with Crippen LogP contribution >= 0.6 is 0 Å². The number of methoxy groups -OCH3 is 1. The van der Waals surface area contributed by atoms with Crippen molar-refractivity contribution in [1.29, 1.82) is 0 Å². The summed E-state index contributed by atoms with van der Waals surface area (Å²) >= 11 is 0. The average molecular weight is 574 g/mol. The van der Waals surface area contributed by atoms with Gasteiger partial charge in [-0.3, -0.25) is 9.55 Å². The van der Waals surface area contributed by atoms with Crippen molar-refractivity contribution in [2.24, 2.45) is 0 Å². The molecule has 0 spiro atoms. The molecule has 212 valence electrons. The fourth-order valence-corrected chi connectivity index (χ4v) is 6.28. The summed E-state index contributed by atoms with van der Waals surface area (Å²) in [6, 6.07) is 6.76. The molecule has 0 aliphatic carbocycles. The van der Waals surface area contributed by atoms with E-state index in [9.17, 15) is 8.42 Å². The number of piperazine rings is 1. The second-order valence-corrected chi connectivity index (χ2v) is 18.6. The number of imidazole rings is 1. The van der Waals surface area contributed by atoms with E-state index in [4.69, 9.17) is 20.2 Å². The minimum Gasteiger partial charge on any atom is -0.493 e. The number of nitrogen functional groups attached to an aromatic ring is 1. The van der Waals surface area contributed by atoms with E-state index in [2.05, 4.69) is 39.1 Å². The van der Waals surface area contributed by atoms with Crippen molar-refractivity contribution in [3.8, 4) is 28.3 Å². The minimum absolute atomic E-state index is 0.0921. The van der Waals surface area contributed by atoms with Crippen molar-refractivity contribution in [2.45, 2.75) is 39.3 Å². The molecule has 39 heavy (non-hydrogen) atoms. The van der Waals surface area contributed by atoms with Crippen LogP contribution in [-0.2, 0) is 21.5 Å². The highest BCUT2D eigenvalue weighted by atomic mass is 32.2. The number of sulfonamides is 1. The topological polar surface area (TPSA) is 129 Å². The van der Waals surface area contributed by atoms with Crippen molar-refractivity contribution in [1.82, 2.24) is 23.8 Å². The van der Waals surface area contributed by atoms with Crippen LogP contribution < -0.4 is 15.4 Å². The lowest BCUT2D eigenvalue weighted by atomic mass is 10.1. The summed E-state index contributed by atoms with van der Waals surface area (Å²) in [4.78, 5) is 15.8. The highest BCUT2D eigenvalue weighted by Gasteiger charge is 2.30. The Morgan fingerprint density at radius 2 is 1.77 bits per heavy atom. The van der Waals surface area contributed by atoms with Crippen molar-refractivity contribution < 1.29 is 17.9 Å². The summed E-state index contributed by atoms with van der Waals surface area (Å²) in [5.74, 6) is 1.58. The molecule has 1 saturated heterocycles. The van der Waals surface area contributed by atoms with Crippen LogP contribution in [0.4, 0.5) is 11.8 Å². The lowest BCUT2D eigenvalue weighted by Gasteiger charge is -2.34. The second-order valence-electron chi connectivity index (χ2n) is 10.7. The molecule has 0 unspecified atom stereocenters. The van der Waals surface area contributed by atoms with Gasteiger partial charge in [-0.05, 0) is 31.2 Å². The van der Waals surface area contributed by atoms with E-state index < -0.39 is 18.1 Å². The maximum absolute atomic E-state index is 12.5. The maximum atomic E-state index is 12.5. The van der Waals surface area contributed by atoms with Crippen LogP contribution in [0.25, 0.3) is 22.5 Å². The van der Waals surface area contributed by atoms with E-state index >= 15 is 0 Å². The molecule has 0 saturated carbocycles. The second kappa shape index (κ2) is 12.0. The Morgan fingerprint density at radius 1 is 1.08 bits per heavy atom. The van der Waals surface area contributed by atoms with E-state index in [1.54, 1.807) is 36.9 Å². The smallest absolute Gasteiger partial charge is 0.213 e. The number of anilines is 2. The van der Waals surface area contributed by atoms with Crippen LogP contribution in [0.15, 0.2) is 36.8 Å². The zero-order valence-corrected chi connectivity index (χ0v) is 25.2. The minimum atomic E-state index is -3.25. The molecule has 3 aromatic heterocycles. The SMILES string of the molecule is CCS(=O)(=O)N1CCN(c2nc(-c3cnc(N)c(OC)c3)c(-c3ccncc3)n2COCC[Si](C)(C)C)CC1. The standard InChI is InChI=1S/C26H39N7O4SSi/c1-6-38(34,35)32-13-11-31(12-14-32)26-30-23(21-17-22(36-2)25(27)29-18-21)24(20-7-9-28-10-8-20)33(26)19-37-15-16-39(3,4)5/h7-10,17-18H,6,11-16,19H2,1-5H3,(H2,27,29). The van der Waals surface area contributed by atoms with Crippen LogP contribution in [0.1, 0.15) is 6.92 Å². The van der Waals surface area contributed by atoms with E-state index in [-0.39, 0.29) is 5.75 Å². The van der Waals surface area contributed by atoms with Crippen molar-refractivity contribution >= 4 is 29.9 Å². The summed E-state index contributed by atoms with van der Waals surface area (Å²) < 4.78 is 40.3. The lowest BCUT2D eigenvalue weighted by molar-refractivity contribution is 0.0888. The maximum Gasteiger partial charge on any atom is 0.213 e. The fourth-order valence-electron chi connectivity index (χ4n) is 4.44. The van der Waals surface area contributed by atoms with Crippen LogP contribution in [0.3, 0.4) is 0 Å². The Hall–Kier alpha value is -3.00. The number of nitrogens with two attached hydrogens (primary N) is 1. The van der Waals surface area contributed by atoms with Crippen LogP contribution in [0.2, 0.25) is 25.7 Å². The highest BCUT2D eigenvalue weighted by Crippen LogP contribution is 2.38. The van der Waals surface area contributed by atoms with Gasteiger partial charge in [0.15, 0.2) is 11.6 Å². The van der Waals surface area contributed by atoms with Crippen molar-refractivity contribution in [3.63, 3.8) is 0 Å². The molecule has 13 heteroatoms. The van der Waals surface area contributed by atoms with Gasteiger partial charge < -0.3 is 20.1 Å². The van der Waals surface area contributed by atoms with E-state index in [0.29, 0.717) is 62.7 Å². The first-order valence-electron chi connectivity index (χ1n) is 13.2. The summed E-state index contributed by atoms with van der Waals surface area (Å²) in [5.41, 5.74) is 9.25. The van der Waals surface area contributed by atoms with Gasteiger partial charge in [-0.25, -0.2) is 18.4 Å². The van der Waals surface area contributed by atoms with Gasteiger partial charge in [-0.2, -0.15) is 4.31 Å². The summed E-state index contributed by atoms with van der Waals surface area (Å²) in [5, 5.41) is 0. The van der Waals surface area contributed by atoms with Gasteiger partial charge in [0, 0.05) is 70.6 Å². The molecule has 4 heterocycles. The van der Waals surface area contributed by atoms with Crippen molar-refractivity contribution in [3.05, 3.63) is 36.8 Å². The first-order valence-corrected chi connectivity index (χ1v) is 18.5. The molecule has 1 aliphatic heterocycles. The predicted molar refractivity (Wildman–Crippen MR) is 157 cm³/mol. The van der Waals surface area contributed by atoms with Gasteiger partial charge >= 0.3 is 0 Å². The molecule has 1 aliphatic rings. The highest BCUT2D eigenvalue weighted by molar-refractivity contribution is 7.89. The van der Waals surface area contributed by atoms with Gasteiger partial charge in [-0.1, -0.05) is 19.6 Å². The first-order chi connectivity index (χ1) is 18.5. The van der Waals surface area contributed by atoms with Gasteiger partial charge in [0.25, 0.3) is 0 Å². The number of nitrogens with zero attached hydrogens (tertiary/aromatic N) is 6. The zero-order chi connectivity index (χ0) is 28.2. The molecule has 11 nitrogen and oxygen atoms in total. The molecule has 2 N–H and O–H groups in total. The monoisotopic (exact) mass is 573 g/mol. The first kappa shape index (κ1) is 29.0. The number of pyridine rings is 2. The van der Waals surface area contributed by atoms with Crippen LogP contribution in [0, 0.1) is 0 Å². The molecule has 0 aromatic carbocycles. The molecule has 0 radical (unpaired) electrons. The van der Waals surface area contributed by atoms with Gasteiger partial charge in [0.05, 0.1) is 18.6 Å². The molecule has 3 aromatic rings. The molecular formula is C26H39N7O4SSi. The molecule has 0 amide bonds. The zero-order valence-electron chi connectivity index (χ0n) is 23.4. The summed E-state index contributed by atoms with van der Waals surface area (Å²) in [6.07, 6.45) is 5.19. The third-order valence-electron chi connectivity index (χ3n) is 6.77. The Morgan fingerprint density at radius 3 is 2.38 bits per heavy atom. The van der Waals surface area contributed by atoms with Crippen molar-refractivity contribution in [2.75, 3.05) is 56.3 Å². The number of ether oxygens (including phenoxy) is 2. The number of hydrogen-bond acceptors (Lipinski definition) is 9. The Kier molecular flexibility index (Phi) is 8.94. The number of hydrogen-bond donors (Lipinski definition) is 1. The Bertz CT molecular complexity index is 1370. The normalized spacial score (nSPS) is 15.1. The molecule has 4 rings (SSSR count). The summed E-state index contributed by atoms with van der Waals surface area (Å²) in [7, 11) is -2.97. The summed E-state index contributed by atoms with van der Waals surface area (Å²) in [6.45, 7) is 11.4. The molecule has 0 atom stereocenters.